The molecule has 0 spiro atoms. The van der Waals surface area contributed by atoms with Crippen molar-refractivity contribution in [2.45, 2.75) is 6.42 Å². The number of nitrogens with one attached hydrogen (secondary N) is 1. The molecule has 0 aromatic heterocycles. The molecule has 0 atom stereocenters. The van der Waals surface area contributed by atoms with Crippen molar-refractivity contribution in [3.63, 3.8) is 0 Å². The molecule has 98 valence electrons. The second-order valence-electron chi connectivity index (χ2n) is 3.55. The highest BCUT2D eigenvalue weighted by Crippen LogP contribution is 2.24. The van der Waals surface area contributed by atoms with Gasteiger partial charge in [-0.1, -0.05) is 11.2 Å². The molecule has 0 unspecified atom stereocenters. The molecule has 0 heterocycles. The van der Waals surface area contributed by atoms with E-state index in [9.17, 15) is 9.90 Å². The molecule has 0 saturated carbocycles. The summed E-state index contributed by atoms with van der Waals surface area (Å²) in [7, 11) is 0. The number of amides is 1. The van der Waals surface area contributed by atoms with Gasteiger partial charge in [-0.25, -0.2) is 0 Å². The number of hydrogen-bond acceptors (Lipinski definition) is 5. The number of phenols is 1. The van der Waals surface area contributed by atoms with Crippen LogP contribution in [0.1, 0.15) is 5.56 Å². The van der Waals surface area contributed by atoms with Gasteiger partial charge in [0.15, 0.2) is 0 Å². The van der Waals surface area contributed by atoms with Crippen molar-refractivity contribution in [2.75, 3.05) is 13.1 Å². The monoisotopic (exact) mass is 315 g/mol. The van der Waals surface area contributed by atoms with E-state index in [1.54, 1.807) is 12.1 Å². The molecule has 1 rings (SSSR count). The second-order valence-corrected chi connectivity index (χ2v) is 4.41. The maximum absolute atomic E-state index is 11.6. The van der Waals surface area contributed by atoms with Crippen LogP contribution in [0.3, 0.4) is 0 Å². The fourth-order valence-corrected chi connectivity index (χ4v) is 1.73. The average molecular weight is 316 g/mol. The lowest BCUT2D eigenvalue weighted by Gasteiger charge is -2.06. The van der Waals surface area contributed by atoms with Gasteiger partial charge in [0, 0.05) is 19.5 Å². The Morgan fingerprint density at radius 3 is 2.78 bits per heavy atom. The fraction of sp³-hybridized carbons (Fsp3) is 0.273. The number of carbonyl (C=O) groups is 1. The van der Waals surface area contributed by atoms with E-state index in [1.807, 2.05) is 0 Å². The molecule has 0 saturated heterocycles. The molecule has 0 fully saturated rings. The molecular formula is C11H14BrN3O3. The van der Waals surface area contributed by atoms with Gasteiger partial charge in [0.2, 0.25) is 0 Å². The minimum atomic E-state index is -0.466. The van der Waals surface area contributed by atoms with Gasteiger partial charge in [0.25, 0.3) is 5.91 Å². The Labute approximate surface area is 113 Å². The summed E-state index contributed by atoms with van der Waals surface area (Å²) in [5, 5.41) is 23.6. The standard InChI is InChI=1S/C11H14BrN3O3/c12-8-5-7(1-2-10(8)16)6-9(15-18)11(17)14-4-3-13/h1-2,5,16,18H,3-4,6,13H2,(H,14,17)/b15-9+. The van der Waals surface area contributed by atoms with E-state index in [1.165, 1.54) is 6.07 Å². The van der Waals surface area contributed by atoms with Crippen LogP contribution >= 0.6 is 15.9 Å². The van der Waals surface area contributed by atoms with Gasteiger partial charge in [-0.15, -0.1) is 0 Å². The number of hydrogen-bond donors (Lipinski definition) is 4. The van der Waals surface area contributed by atoms with Crippen LogP contribution < -0.4 is 11.1 Å². The van der Waals surface area contributed by atoms with Gasteiger partial charge in [0.05, 0.1) is 4.47 Å². The highest BCUT2D eigenvalue weighted by molar-refractivity contribution is 9.10. The molecule has 0 aliphatic rings. The molecule has 0 bridgehead atoms. The minimum Gasteiger partial charge on any atom is -0.507 e. The number of benzene rings is 1. The number of oxime groups is 1. The molecule has 18 heavy (non-hydrogen) atoms. The van der Waals surface area contributed by atoms with Crippen molar-refractivity contribution in [3.05, 3.63) is 28.2 Å². The molecular weight excluding hydrogens is 302 g/mol. The Kier molecular flexibility index (Phi) is 5.60. The quantitative estimate of drug-likeness (QED) is 0.362. The Hall–Kier alpha value is -1.60. The first-order valence-electron chi connectivity index (χ1n) is 5.25. The maximum Gasteiger partial charge on any atom is 0.269 e. The van der Waals surface area contributed by atoms with Crippen molar-refractivity contribution >= 4 is 27.5 Å². The van der Waals surface area contributed by atoms with Gasteiger partial charge in [-0.2, -0.15) is 0 Å². The van der Waals surface area contributed by atoms with Gasteiger partial charge < -0.3 is 21.4 Å². The van der Waals surface area contributed by atoms with Crippen LogP contribution in [0.4, 0.5) is 0 Å². The van der Waals surface area contributed by atoms with Crippen molar-refractivity contribution in [1.82, 2.24) is 5.32 Å². The lowest BCUT2D eigenvalue weighted by atomic mass is 10.1. The summed E-state index contributed by atoms with van der Waals surface area (Å²) in [5.41, 5.74) is 5.98. The molecule has 1 amide bonds. The first-order chi connectivity index (χ1) is 8.58. The molecule has 1 aromatic rings. The summed E-state index contributed by atoms with van der Waals surface area (Å²) < 4.78 is 0.514. The highest BCUT2D eigenvalue weighted by atomic mass is 79.9. The number of aromatic hydroxyl groups is 1. The Balaban J connectivity index is 2.74. The largest absolute Gasteiger partial charge is 0.507 e. The first kappa shape index (κ1) is 14.5. The van der Waals surface area contributed by atoms with E-state index in [0.29, 0.717) is 17.6 Å². The van der Waals surface area contributed by atoms with Crippen LogP contribution in [0.2, 0.25) is 0 Å². The Morgan fingerprint density at radius 1 is 1.50 bits per heavy atom. The van der Waals surface area contributed by atoms with Crippen molar-refractivity contribution < 1.29 is 15.1 Å². The summed E-state index contributed by atoms with van der Waals surface area (Å²) in [5.74, 6) is -0.360. The molecule has 0 aliphatic carbocycles. The summed E-state index contributed by atoms with van der Waals surface area (Å²) in [4.78, 5) is 11.6. The van der Waals surface area contributed by atoms with Gasteiger partial charge in [-0.05, 0) is 33.6 Å². The first-order valence-corrected chi connectivity index (χ1v) is 6.04. The summed E-state index contributed by atoms with van der Waals surface area (Å²) in [6, 6.07) is 4.78. The smallest absolute Gasteiger partial charge is 0.269 e. The van der Waals surface area contributed by atoms with Crippen molar-refractivity contribution in [1.29, 1.82) is 0 Å². The van der Waals surface area contributed by atoms with Crippen molar-refractivity contribution in [2.24, 2.45) is 10.9 Å². The number of nitrogens with zero attached hydrogens (tertiary/aromatic N) is 1. The number of rotatable bonds is 5. The van der Waals surface area contributed by atoms with Crippen LogP contribution in [-0.2, 0) is 11.2 Å². The molecule has 6 nitrogen and oxygen atoms in total. The fourth-order valence-electron chi connectivity index (χ4n) is 1.30. The van der Waals surface area contributed by atoms with E-state index in [2.05, 4.69) is 26.4 Å². The Bertz CT molecular complexity index is 463. The Morgan fingerprint density at radius 2 is 2.22 bits per heavy atom. The minimum absolute atomic E-state index is 0.0129. The van der Waals surface area contributed by atoms with E-state index in [0.717, 1.165) is 5.56 Å². The topological polar surface area (TPSA) is 108 Å². The lowest BCUT2D eigenvalue weighted by molar-refractivity contribution is -0.115. The normalized spacial score (nSPS) is 11.3. The maximum atomic E-state index is 11.6. The third-order valence-corrected chi connectivity index (χ3v) is 2.83. The van der Waals surface area contributed by atoms with E-state index in [-0.39, 0.29) is 17.9 Å². The summed E-state index contributed by atoms with van der Waals surface area (Å²) in [6.45, 7) is 0.631. The van der Waals surface area contributed by atoms with E-state index in [4.69, 9.17) is 10.9 Å². The number of phenolic OH excluding ortho intramolecular Hbond substituents is 1. The zero-order valence-corrected chi connectivity index (χ0v) is 11.1. The van der Waals surface area contributed by atoms with Crippen LogP contribution in [0.25, 0.3) is 0 Å². The van der Waals surface area contributed by atoms with Crippen LogP contribution in [0.15, 0.2) is 27.8 Å². The zero-order chi connectivity index (χ0) is 13.5. The molecule has 1 aromatic carbocycles. The summed E-state index contributed by atoms with van der Waals surface area (Å²) >= 11 is 3.17. The summed E-state index contributed by atoms with van der Waals surface area (Å²) in [6.07, 6.45) is 0.159. The number of halogens is 1. The van der Waals surface area contributed by atoms with Crippen LogP contribution in [0.5, 0.6) is 5.75 Å². The second kappa shape index (κ2) is 6.97. The average Bonchev–Trinajstić information content (AvgIpc) is 2.37. The number of carbonyl (C=O) groups excluding carboxylic acids is 1. The SMILES string of the molecule is NCCNC(=O)/C(Cc1ccc(O)c(Br)c1)=N/O. The predicted molar refractivity (Wildman–Crippen MR) is 70.8 cm³/mol. The van der Waals surface area contributed by atoms with Crippen LogP contribution in [-0.4, -0.2) is 35.0 Å². The van der Waals surface area contributed by atoms with Crippen molar-refractivity contribution in [3.8, 4) is 5.75 Å². The molecule has 0 radical (unpaired) electrons. The zero-order valence-electron chi connectivity index (χ0n) is 9.56. The van der Waals surface area contributed by atoms with E-state index < -0.39 is 5.91 Å². The lowest BCUT2D eigenvalue weighted by Crippen LogP contribution is -2.35. The molecule has 5 N–H and O–H groups in total. The third-order valence-electron chi connectivity index (χ3n) is 2.20. The highest BCUT2D eigenvalue weighted by Gasteiger charge is 2.13. The van der Waals surface area contributed by atoms with Crippen LogP contribution in [0, 0.1) is 0 Å². The predicted octanol–water partition coefficient (Wildman–Crippen LogP) is 0.602. The molecule has 0 aliphatic heterocycles. The van der Waals surface area contributed by atoms with Gasteiger partial charge >= 0.3 is 0 Å². The number of nitrogens with two attached hydrogens (primary N) is 1. The van der Waals surface area contributed by atoms with Gasteiger partial charge in [-0.3, -0.25) is 4.79 Å². The van der Waals surface area contributed by atoms with E-state index >= 15 is 0 Å². The third kappa shape index (κ3) is 4.01. The molecule has 7 heteroatoms. The van der Waals surface area contributed by atoms with Gasteiger partial charge in [0.1, 0.15) is 11.5 Å².